The van der Waals surface area contributed by atoms with Crippen molar-refractivity contribution in [3.63, 3.8) is 0 Å². The third kappa shape index (κ3) is 4.99. The van der Waals surface area contributed by atoms with Crippen molar-refractivity contribution in [2.45, 2.75) is 32.3 Å². The maximum absolute atomic E-state index is 13.6. The van der Waals surface area contributed by atoms with E-state index in [4.69, 9.17) is 9.47 Å². The third-order valence-electron chi connectivity index (χ3n) is 6.01. The fraction of sp³-hybridized carbons (Fsp3) is 0.222. The second-order valence-corrected chi connectivity index (χ2v) is 9.65. The summed E-state index contributed by atoms with van der Waals surface area (Å²) in [6.07, 6.45) is -1.51. The van der Waals surface area contributed by atoms with E-state index in [9.17, 15) is 19.1 Å². The van der Waals surface area contributed by atoms with E-state index in [-0.39, 0.29) is 18.8 Å². The van der Waals surface area contributed by atoms with Crippen LogP contribution in [-0.2, 0) is 22.6 Å². The Morgan fingerprint density at radius 3 is 2.75 bits per heavy atom. The van der Waals surface area contributed by atoms with Crippen LogP contribution in [0.25, 0.3) is 10.2 Å². The van der Waals surface area contributed by atoms with Crippen LogP contribution < -0.4 is 10.1 Å². The minimum atomic E-state index is -0.923. The fourth-order valence-electron chi connectivity index (χ4n) is 4.35. The predicted molar refractivity (Wildman–Crippen MR) is 132 cm³/mol. The molecular formula is C27H23FN2O5S. The molecule has 0 spiro atoms. The second kappa shape index (κ2) is 10.1. The molecule has 0 saturated heterocycles. The number of carbonyl (C=O) groups is 2. The average Bonchev–Trinajstić information content (AvgIpc) is 3.26. The van der Waals surface area contributed by atoms with Gasteiger partial charge in [-0.25, -0.2) is 9.37 Å². The topological polar surface area (TPSA) is 97.8 Å². The monoisotopic (exact) mass is 506 g/mol. The first-order chi connectivity index (χ1) is 17.4. The van der Waals surface area contributed by atoms with Gasteiger partial charge in [0, 0.05) is 24.1 Å². The van der Waals surface area contributed by atoms with Gasteiger partial charge in [0.1, 0.15) is 23.2 Å². The number of imide groups is 1. The first-order valence-electron chi connectivity index (χ1n) is 11.4. The van der Waals surface area contributed by atoms with Gasteiger partial charge in [-0.15, -0.1) is 11.3 Å². The normalized spacial score (nSPS) is 18.9. The van der Waals surface area contributed by atoms with Crippen molar-refractivity contribution in [3.8, 4) is 5.75 Å². The summed E-state index contributed by atoms with van der Waals surface area (Å²) in [7, 11) is 0. The van der Waals surface area contributed by atoms with Gasteiger partial charge in [-0.05, 0) is 36.2 Å². The number of aliphatic hydroxyl groups excluding tert-OH is 1. The van der Waals surface area contributed by atoms with Gasteiger partial charge in [-0.1, -0.05) is 36.4 Å². The molecule has 1 aliphatic heterocycles. The van der Waals surface area contributed by atoms with Gasteiger partial charge in [0.2, 0.25) is 12.2 Å². The molecule has 7 nitrogen and oxygen atoms in total. The number of thiazole rings is 1. The zero-order chi connectivity index (χ0) is 25.2. The molecule has 5 rings (SSSR count). The minimum Gasteiger partial charge on any atom is -0.464 e. The van der Waals surface area contributed by atoms with E-state index >= 15 is 0 Å². The lowest BCUT2D eigenvalue weighted by Gasteiger charge is -2.37. The number of nitrogens with zero attached hydrogens (tertiary/aromatic N) is 1. The van der Waals surface area contributed by atoms with Crippen molar-refractivity contribution < 1.29 is 28.6 Å². The van der Waals surface area contributed by atoms with Gasteiger partial charge < -0.3 is 14.6 Å². The van der Waals surface area contributed by atoms with Gasteiger partial charge in [0.05, 0.1) is 22.2 Å². The SMILES string of the molecule is CC(=O)NC(=O)c1ccccc1CC1C(OCc2nc3cc(F)ccc3s2)Oc2ccccc2C1O. The highest BCUT2D eigenvalue weighted by Gasteiger charge is 2.39. The minimum absolute atomic E-state index is 0.101. The summed E-state index contributed by atoms with van der Waals surface area (Å²) < 4.78 is 26.7. The molecule has 0 fully saturated rings. The predicted octanol–water partition coefficient (Wildman–Crippen LogP) is 4.54. The lowest BCUT2D eigenvalue weighted by molar-refractivity contribution is -0.162. The Kier molecular flexibility index (Phi) is 6.77. The number of aliphatic hydroxyl groups is 1. The molecule has 4 aromatic rings. The average molecular weight is 507 g/mol. The van der Waals surface area contributed by atoms with E-state index in [1.54, 1.807) is 42.5 Å². The Morgan fingerprint density at radius 2 is 1.92 bits per heavy atom. The number of carbonyl (C=O) groups excluding carboxylic acids is 2. The number of halogens is 1. The van der Waals surface area contributed by atoms with E-state index in [1.165, 1.54) is 30.4 Å². The summed E-state index contributed by atoms with van der Waals surface area (Å²) in [5.41, 5.74) is 2.16. The van der Waals surface area contributed by atoms with E-state index in [2.05, 4.69) is 10.3 Å². The van der Waals surface area contributed by atoms with Crippen LogP contribution in [0.3, 0.4) is 0 Å². The molecule has 1 aromatic heterocycles. The second-order valence-electron chi connectivity index (χ2n) is 8.53. The van der Waals surface area contributed by atoms with Crippen LogP contribution >= 0.6 is 11.3 Å². The van der Waals surface area contributed by atoms with Crippen LogP contribution in [0.5, 0.6) is 5.75 Å². The molecular weight excluding hydrogens is 483 g/mol. The Labute approximate surface area is 210 Å². The number of hydrogen-bond donors (Lipinski definition) is 2. The highest BCUT2D eigenvalue weighted by atomic mass is 32.1. The molecule has 0 saturated carbocycles. The Morgan fingerprint density at radius 1 is 1.14 bits per heavy atom. The summed E-state index contributed by atoms with van der Waals surface area (Å²) >= 11 is 1.39. The van der Waals surface area contributed by atoms with E-state index < -0.39 is 30.1 Å². The molecule has 3 unspecified atom stereocenters. The third-order valence-corrected chi connectivity index (χ3v) is 7.02. The van der Waals surface area contributed by atoms with Gasteiger partial charge in [0.25, 0.3) is 5.91 Å². The summed E-state index contributed by atoms with van der Waals surface area (Å²) in [5, 5.41) is 14.2. The molecule has 36 heavy (non-hydrogen) atoms. The zero-order valence-corrected chi connectivity index (χ0v) is 20.1. The van der Waals surface area contributed by atoms with Crippen molar-refractivity contribution in [2.75, 3.05) is 0 Å². The van der Waals surface area contributed by atoms with Crippen LogP contribution in [0, 0.1) is 11.7 Å². The largest absolute Gasteiger partial charge is 0.464 e. The van der Waals surface area contributed by atoms with Crippen LogP contribution in [0.4, 0.5) is 4.39 Å². The molecule has 0 aliphatic carbocycles. The standard InChI is InChI=1S/C27H23FN2O5S/c1-15(31)29-26(33)18-7-3-2-6-16(18)12-20-25(32)19-8-4-5-9-22(19)35-27(20)34-14-24-30-21-13-17(28)10-11-23(21)36-24/h2-11,13,20,25,27,32H,12,14H2,1H3,(H,29,31,33). The summed E-state index contributed by atoms with van der Waals surface area (Å²) in [6, 6.07) is 18.5. The molecule has 0 radical (unpaired) electrons. The number of para-hydroxylation sites is 1. The number of amides is 2. The van der Waals surface area contributed by atoms with Gasteiger partial charge in [-0.3, -0.25) is 14.9 Å². The van der Waals surface area contributed by atoms with Crippen molar-refractivity contribution >= 4 is 33.4 Å². The van der Waals surface area contributed by atoms with E-state index in [0.717, 1.165) is 4.70 Å². The number of ether oxygens (including phenoxy) is 2. The first kappa shape index (κ1) is 24.1. The number of nitrogens with one attached hydrogen (secondary N) is 1. The molecule has 3 atom stereocenters. The summed E-state index contributed by atoms with van der Waals surface area (Å²) in [4.78, 5) is 28.5. The lowest BCUT2D eigenvalue weighted by atomic mass is 9.85. The first-order valence-corrected chi connectivity index (χ1v) is 12.2. The molecule has 2 amide bonds. The molecule has 3 aromatic carbocycles. The number of rotatable bonds is 6. The smallest absolute Gasteiger partial charge is 0.258 e. The fourth-order valence-corrected chi connectivity index (χ4v) is 5.22. The molecule has 0 bridgehead atoms. The Balaban J connectivity index is 1.42. The van der Waals surface area contributed by atoms with Gasteiger partial charge in [0.15, 0.2) is 0 Å². The molecule has 2 N–H and O–H groups in total. The van der Waals surface area contributed by atoms with Crippen LogP contribution in [0.1, 0.15) is 39.5 Å². The van der Waals surface area contributed by atoms with Crippen LogP contribution in [-0.4, -0.2) is 28.2 Å². The molecule has 1 aliphatic rings. The van der Waals surface area contributed by atoms with Crippen molar-refractivity contribution in [3.05, 3.63) is 94.2 Å². The quantitative estimate of drug-likeness (QED) is 0.399. The van der Waals surface area contributed by atoms with E-state index in [0.29, 0.717) is 33.0 Å². The highest BCUT2D eigenvalue weighted by molar-refractivity contribution is 7.18. The lowest BCUT2D eigenvalue weighted by Crippen LogP contribution is -2.40. The number of aromatic nitrogens is 1. The van der Waals surface area contributed by atoms with E-state index in [1.807, 2.05) is 12.1 Å². The Bertz CT molecular complexity index is 1440. The highest BCUT2D eigenvalue weighted by Crippen LogP contribution is 2.41. The maximum Gasteiger partial charge on any atom is 0.258 e. The molecule has 184 valence electrons. The number of benzene rings is 3. The van der Waals surface area contributed by atoms with Crippen LogP contribution in [0.2, 0.25) is 0 Å². The molecule has 9 heteroatoms. The van der Waals surface area contributed by atoms with Crippen molar-refractivity contribution in [1.29, 1.82) is 0 Å². The van der Waals surface area contributed by atoms with Gasteiger partial charge >= 0.3 is 0 Å². The summed E-state index contributed by atoms with van der Waals surface area (Å²) in [5.74, 6) is -1.37. The zero-order valence-electron chi connectivity index (χ0n) is 19.3. The number of hydrogen-bond acceptors (Lipinski definition) is 7. The van der Waals surface area contributed by atoms with Gasteiger partial charge in [-0.2, -0.15) is 0 Å². The molecule has 2 heterocycles. The Hall–Kier alpha value is -3.66. The number of fused-ring (bicyclic) bond motifs is 2. The van der Waals surface area contributed by atoms with Crippen molar-refractivity contribution in [2.24, 2.45) is 5.92 Å². The summed E-state index contributed by atoms with van der Waals surface area (Å²) in [6.45, 7) is 1.37. The maximum atomic E-state index is 13.6. The van der Waals surface area contributed by atoms with Crippen LogP contribution in [0.15, 0.2) is 66.7 Å². The van der Waals surface area contributed by atoms with Crippen molar-refractivity contribution in [1.82, 2.24) is 10.3 Å².